The minimum absolute atomic E-state index is 0.104. The van der Waals surface area contributed by atoms with E-state index in [9.17, 15) is 9.59 Å². The summed E-state index contributed by atoms with van der Waals surface area (Å²) >= 11 is 1.45. The first-order valence-corrected chi connectivity index (χ1v) is 10.7. The normalized spacial score (nSPS) is 10.8. The maximum Gasteiger partial charge on any atom is 0.275 e. The molecule has 4 rings (SSSR count). The molecule has 0 aliphatic heterocycles. The van der Waals surface area contributed by atoms with Gasteiger partial charge in [0.1, 0.15) is 10.7 Å². The van der Waals surface area contributed by atoms with Crippen LogP contribution in [0.5, 0.6) is 0 Å². The predicted molar refractivity (Wildman–Crippen MR) is 122 cm³/mol. The quantitative estimate of drug-likeness (QED) is 0.498. The van der Waals surface area contributed by atoms with Crippen LogP contribution in [0.25, 0.3) is 20.9 Å². The lowest BCUT2D eigenvalue weighted by Gasteiger charge is -2.18. The smallest absolute Gasteiger partial charge is 0.275 e. The van der Waals surface area contributed by atoms with Crippen LogP contribution in [0.4, 0.5) is 5.69 Å². The third-order valence-electron chi connectivity index (χ3n) is 4.80. The van der Waals surface area contributed by atoms with Crippen LogP contribution in [-0.4, -0.2) is 45.3 Å². The number of anilines is 1. The van der Waals surface area contributed by atoms with Gasteiger partial charge in [0.2, 0.25) is 5.91 Å². The Morgan fingerprint density at radius 2 is 1.77 bits per heavy atom. The number of hydrogen-bond donors (Lipinski definition) is 1. The Kier molecular flexibility index (Phi) is 5.99. The van der Waals surface area contributed by atoms with E-state index in [1.807, 2.05) is 55.5 Å². The third-order valence-corrected chi connectivity index (χ3v) is 5.84. The van der Waals surface area contributed by atoms with Crippen molar-refractivity contribution < 1.29 is 9.59 Å². The highest BCUT2D eigenvalue weighted by Gasteiger charge is 2.23. The molecule has 2 aromatic carbocycles. The summed E-state index contributed by atoms with van der Waals surface area (Å²) in [7, 11) is 1.57. The molecule has 2 amide bonds. The number of nitrogens with one attached hydrogen (secondary N) is 1. The van der Waals surface area contributed by atoms with Gasteiger partial charge in [-0.2, -0.15) is 0 Å². The average Bonchev–Trinajstić information content (AvgIpc) is 3.23. The Morgan fingerprint density at radius 3 is 2.58 bits per heavy atom. The van der Waals surface area contributed by atoms with E-state index in [1.54, 1.807) is 7.05 Å². The predicted octanol–water partition coefficient (Wildman–Crippen LogP) is 4.03. The lowest BCUT2D eigenvalue weighted by molar-refractivity contribution is -0.116. The summed E-state index contributed by atoms with van der Waals surface area (Å²) in [6, 6.07) is 15.4. The molecule has 2 aromatic heterocycles. The first-order valence-electron chi connectivity index (χ1n) is 9.87. The fourth-order valence-electron chi connectivity index (χ4n) is 3.23. The van der Waals surface area contributed by atoms with Crippen molar-refractivity contribution in [3.8, 4) is 10.7 Å². The summed E-state index contributed by atoms with van der Waals surface area (Å²) in [5.41, 5.74) is 3.22. The number of likely N-dealkylation sites (N-methyl/N-ethyl adjacent to an activating group) is 1. The number of carbonyl (C=O) groups excluding carboxylic acids is 2. The van der Waals surface area contributed by atoms with Gasteiger partial charge in [0.25, 0.3) is 5.91 Å². The fraction of sp³-hybridized carbons (Fsp3) is 0.174. The van der Waals surface area contributed by atoms with E-state index in [1.165, 1.54) is 28.6 Å². The minimum Gasteiger partial charge on any atom is -0.331 e. The van der Waals surface area contributed by atoms with Crippen LogP contribution in [0.3, 0.4) is 0 Å². The van der Waals surface area contributed by atoms with E-state index in [4.69, 9.17) is 0 Å². The zero-order valence-corrected chi connectivity index (χ0v) is 18.0. The molecule has 0 saturated carbocycles. The molecule has 0 radical (unpaired) electrons. The molecular weight excluding hydrogens is 410 g/mol. The second-order valence-corrected chi connectivity index (χ2v) is 7.99. The molecule has 0 aliphatic carbocycles. The number of carbonyl (C=O) groups is 2. The number of aromatic nitrogens is 3. The highest BCUT2D eigenvalue weighted by atomic mass is 32.1. The first-order chi connectivity index (χ1) is 15.1. The number of aryl methyl sites for hydroxylation is 1. The number of rotatable bonds is 6. The summed E-state index contributed by atoms with van der Waals surface area (Å²) in [5.74, 6) is -0.663. The van der Waals surface area contributed by atoms with Gasteiger partial charge in [-0.3, -0.25) is 9.59 Å². The Bertz CT molecular complexity index is 1220. The van der Waals surface area contributed by atoms with E-state index in [-0.39, 0.29) is 24.1 Å². The van der Waals surface area contributed by atoms with Crippen molar-refractivity contribution in [2.75, 3.05) is 18.9 Å². The summed E-state index contributed by atoms with van der Waals surface area (Å²) in [4.78, 5) is 40.2. The highest BCUT2D eigenvalue weighted by Crippen LogP contribution is 2.30. The van der Waals surface area contributed by atoms with Gasteiger partial charge in [-0.1, -0.05) is 37.3 Å². The molecule has 31 heavy (non-hydrogen) atoms. The molecule has 0 bridgehead atoms. The van der Waals surface area contributed by atoms with Crippen molar-refractivity contribution in [1.82, 2.24) is 19.9 Å². The average molecular weight is 432 g/mol. The van der Waals surface area contributed by atoms with Gasteiger partial charge in [0, 0.05) is 25.1 Å². The minimum atomic E-state index is -0.388. The van der Waals surface area contributed by atoms with Gasteiger partial charge < -0.3 is 10.2 Å². The summed E-state index contributed by atoms with van der Waals surface area (Å²) in [6.45, 7) is 1.92. The SMILES string of the molecule is CCc1ccccc1NC(=O)CN(C)C(=O)c1nccnc1-c1nc2ccccc2s1. The number of nitrogens with zero attached hydrogens (tertiary/aromatic N) is 4. The Labute approximate surface area is 183 Å². The van der Waals surface area contributed by atoms with Gasteiger partial charge in [-0.15, -0.1) is 11.3 Å². The van der Waals surface area contributed by atoms with Crippen molar-refractivity contribution in [1.29, 1.82) is 0 Å². The van der Waals surface area contributed by atoms with Gasteiger partial charge >= 0.3 is 0 Å². The van der Waals surface area contributed by atoms with E-state index in [0.29, 0.717) is 10.7 Å². The Hall–Kier alpha value is -3.65. The molecule has 0 unspecified atom stereocenters. The van der Waals surface area contributed by atoms with E-state index in [2.05, 4.69) is 20.3 Å². The zero-order chi connectivity index (χ0) is 21.8. The lowest BCUT2D eigenvalue weighted by Crippen LogP contribution is -2.35. The second-order valence-electron chi connectivity index (χ2n) is 6.96. The van der Waals surface area contributed by atoms with E-state index < -0.39 is 0 Å². The fourth-order valence-corrected chi connectivity index (χ4v) is 4.20. The molecule has 1 N–H and O–H groups in total. The van der Waals surface area contributed by atoms with Gasteiger partial charge in [0.05, 0.1) is 16.8 Å². The van der Waals surface area contributed by atoms with Crippen LogP contribution >= 0.6 is 11.3 Å². The molecule has 0 saturated heterocycles. The first kappa shape index (κ1) is 20.6. The number of thiazole rings is 1. The molecule has 0 spiro atoms. The second kappa shape index (κ2) is 9.01. The maximum absolute atomic E-state index is 13.1. The molecule has 8 heteroatoms. The van der Waals surface area contributed by atoms with Crippen molar-refractivity contribution in [2.45, 2.75) is 13.3 Å². The number of amides is 2. The number of fused-ring (bicyclic) bond motifs is 1. The molecular formula is C23H21N5O2S. The zero-order valence-electron chi connectivity index (χ0n) is 17.2. The monoisotopic (exact) mass is 431 g/mol. The van der Waals surface area contributed by atoms with Crippen molar-refractivity contribution >= 4 is 39.1 Å². The molecule has 7 nitrogen and oxygen atoms in total. The molecule has 4 aromatic rings. The van der Waals surface area contributed by atoms with Crippen molar-refractivity contribution in [2.24, 2.45) is 0 Å². The third kappa shape index (κ3) is 4.44. The Balaban J connectivity index is 1.53. The van der Waals surface area contributed by atoms with Gasteiger partial charge in [-0.25, -0.2) is 15.0 Å². The summed E-state index contributed by atoms with van der Waals surface area (Å²) in [5, 5.41) is 3.50. The van der Waals surface area contributed by atoms with Crippen LogP contribution in [0.15, 0.2) is 60.9 Å². The lowest BCUT2D eigenvalue weighted by atomic mass is 10.1. The van der Waals surface area contributed by atoms with E-state index in [0.717, 1.165) is 27.9 Å². The molecule has 0 atom stereocenters. The van der Waals surface area contributed by atoms with Crippen molar-refractivity contribution in [3.63, 3.8) is 0 Å². The van der Waals surface area contributed by atoms with Crippen molar-refractivity contribution in [3.05, 3.63) is 72.2 Å². The van der Waals surface area contributed by atoms with E-state index >= 15 is 0 Å². The number of hydrogen-bond acceptors (Lipinski definition) is 6. The maximum atomic E-state index is 13.1. The highest BCUT2D eigenvalue weighted by molar-refractivity contribution is 7.21. The molecule has 2 heterocycles. The number of benzene rings is 2. The standard InChI is InChI=1S/C23H21N5O2S/c1-3-15-8-4-5-9-16(15)26-19(29)14-28(2)23(30)21-20(24-12-13-25-21)22-27-17-10-6-7-11-18(17)31-22/h4-13H,3,14H2,1-2H3,(H,26,29). The topological polar surface area (TPSA) is 88.1 Å². The molecule has 156 valence electrons. The van der Waals surface area contributed by atoms with Crippen LogP contribution < -0.4 is 5.32 Å². The van der Waals surface area contributed by atoms with Gasteiger partial charge in [-0.05, 0) is 30.2 Å². The molecule has 0 fully saturated rings. The van der Waals surface area contributed by atoms with Crippen LogP contribution in [0.2, 0.25) is 0 Å². The van der Waals surface area contributed by atoms with Crippen LogP contribution in [0, 0.1) is 0 Å². The summed E-state index contributed by atoms with van der Waals surface area (Å²) < 4.78 is 1.00. The van der Waals surface area contributed by atoms with Crippen LogP contribution in [-0.2, 0) is 11.2 Å². The Morgan fingerprint density at radius 1 is 1.03 bits per heavy atom. The largest absolute Gasteiger partial charge is 0.331 e. The summed E-state index contributed by atoms with van der Waals surface area (Å²) in [6.07, 6.45) is 3.80. The van der Waals surface area contributed by atoms with Gasteiger partial charge in [0.15, 0.2) is 5.69 Å². The molecule has 0 aliphatic rings. The van der Waals surface area contributed by atoms with Crippen LogP contribution in [0.1, 0.15) is 23.0 Å². The number of para-hydroxylation sites is 2.